The maximum Gasteiger partial charge on any atom is 0.345 e. The molecule has 0 bridgehead atoms. The molecule has 8 nitrogen and oxygen atoms in total. The van der Waals surface area contributed by atoms with Crippen LogP contribution in [-0.4, -0.2) is 48.5 Å². The molecule has 116 valence electrons. The highest BCUT2D eigenvalue weighted by Gasteiger charge is 2.28. The summed E-state index contributed by atoms with van der Waals surface area (Å²) in [6.07, 6.45) is 2.07. The zero-order chi connectivity index (χ0) is 15.4. The van der Waals surface area contributed by atoms with Crippen molar-refractivity contribution in [1.29, 1.82) is 0 Å². The zero-order valence-corrected chi connectivity index (χ0v) is 12.3. The highest BCUT2D eigenvalue weighted by atomic mass is 16.5. The minimum atomic E-state index is -0.551. The van der Waals surface area contributed by atoms with E-state index in [0.717, 1.165) is 25.9 Å². The van der Waals surface area contributed by atoms with Crippen molar-refractivity contribution >= 4 is 23.6 Å². The van der Waals surface area contributed by atoms with Gasteiger partial charge in [0, 0.05) is 13.1 Å². The summed E-state index contributed by atoms with van der Waals surface area (Å²) in [7, 11) is 1.29. The molecule has 2 N–H and O–H groups in total. The molecule has 0 aromatic carbocycles. The van der Waals surface area contributed by atoms with Gasteiger partial charge in [-0.3, -0.25) is 4.79 Å². The molecule has 8 heteroatoms. The van der Waals surface area contributed by atoms with Gasteiger partial charge < -0.3 is 20.1 Å². The van der Waals surface area contributed by atoms with Crippen molar-refractivity contribution in [2.45, 2.75) is 26.3 Å². The van der Waals surface area contributed by atoms with E-state index in [0.29, 0.717) is 5.82 Å². The topological polar surface area (TPSA) is 99.7 Å². The van der Waals surface area contributed by atoms with Crippen molar-refractivity contribution in [3.8, 4) is 0 Å². The molecule has 0 radical (unpaired) electrons. The van der Waals surface area contributed by atoms with E-state index in [2.05, 4.69) is 5.10 Å². The van der Waals surface area contributed by atoms with E-state index in [-0.39, 0.29) is 24.5 Å². The fourth-order valence-corrected chi connectivity index (χ4v) is 2.36. The van der Waals surface area contributed by atoms with Crippen molar-refractivity contribution in [3.63, 3.8) is 0 Å². The van der Waals surface area contributed by atoms with Gasteiger partial charge in [0.15, 0.2) is 5.82 Å². The van der Waals surface area contributed by atoms with Gasteiger partial charge >= 0.3 is 11.9 Å². The number of carbonyl (C=O) groups excluding carboxylic acids is 2. The number of ether oxygens (including phenoxy) is 2. The second-order valence-electron chi connectivity index (χ2n) is 4.73. The lowest BCUT2D eigenvalue weighted by Gasteiger charge is -2.15. The molecule has 0 saturated carbocycles. The maximum absolute atomic E-state index is 11.9. The van der Waals surface area contributed by atoms with Gasteiger partial charge in [-0.05, 0) is 19.8 Å². The number of hydrogen-bond acceptors (Lipinski definition) is 7. The summed E-state index contributed by atoms with van der Waals surface area (Å²) in [5.74, 6) is -0.404. The molecule has 1 saturated heterocycles. The molecule has 1 aliphatic heterocycles. The lowest BCUT2D eigenvalue weighted by atomic mass is 10.3. The standard InChI is InChI=1S/C13H20N4O4/c1-3-21-9(18)8-17-11(14)10(13(19)20-2)12(15-17)16-6-4-5-7-16/h3-8,14H2,1-2H3. The van der Waals surface area contributed by atoms with E-state index in [4.69, 9.17) is 15.2 Å². The van der Waals surface area contributed by atoms with Crippen LogP contribution in [-0.2, 0) is 20.8 Å². The molecule has 2 rings (SSSR count). The number of esters is 2. The zero-order valence-electron chi connectivity index (χ0n) is 12.3. The van der Waals surface area contributed by atoms with Crippen LogP contribution < -0.4 is 10.6 Å². The Labute approximate surface area is 122 Å². The molecule has 0 amide bonds. The number of rotatable bonds is 5. The summed E-state index contributed by atoms with van der Waals surface area (Å²) in [6.45, 7) is 3.49. The molecule has 2 heterocycles. The van der Waals surface area contributed by atoms with Crippen LogP contribution in [0.1, 0.15) is 30.1 Å². The van der Waals surface area contributed by atoms with Crippen LogP contribution in [0.15, 0.2) is 0 Å². The van der Waals surface area contributed by atoms with Crippen molar-refractivity contribution in [2.24, 2.45) is 0 Å². The molecule has 1 aliphatic rings. The number of carbonyl (C=O) groups is 2. The first-order chi connectivity index (χ1) is 10.1. The monoisotopic (exact) mass is 296 g/mol. The number of anilines is 2. The molecule has 0 atom stereocenters. The SMILES string of the molecule is CCOC(=O)Cn1nc(N2CCCC2)c(C(=O)OC)c1N. The number of methoxy groups -OCH3 is 1. The number of nitrogens with zero attached hydrogens (tertiary/aromatic N) is 3. The highest BCUT2D eigenvalue weighted by molar-refractivity contribution is 6.00. The van der Waals surface area contributed by atoms with Crippen LogP contribution in [0.2, 0.25) is 0 Å². The summed E-state index contributed by atoms with van der Waals surface area (Å²) in [4.78, 5) is 25.5. The third-order valence-electron chi connectivity index (χ3n) is 3.35. The second-order valence-corrected chi connectivity index (χ2v) is 4.73. The van der Waals surface area contributed by atoms with Crippen LogP contribution in [0.3, 0.4) is 0 Å². The van der Waals surface area contributed by atoms with Crippen molar-refractivity contribution in [2.75, 3.05) is 37.4 Å². The quantitative estimate of drug-likeness (QED) is 0.786. The number of nitrogens with two attached hydrogens (primary N) is 1. The van der Waals surface area contributed by atoms with Gasteiger partial charge in [-0.1, -0.05) is 0 Å². The Morgan fingerprint density at radius 3 is 2.57 bits per heavy atom. The first-order valence-corrected chi connectivity index (χ1v) is 6.93. The summed E-state index contributed by atoms with van der Waals surface area (Å²) >= 11 is 0. The largest absolute Gasteiger partial charge is 0.465 e. The molecule has 0 aliphatic carbocycles. The predicted octanol–water partition coefficient (Wildman–Crippen LogP) is 0.415. The van der Waals surface area contributed by atoms with Gasteiger partial charge in [-0.15, -0.1) is 0 Å². The predicted molar refractivity (Wildman–Crippen MR) is 76.1 cm³/mol. The summed E-state index contributed by atoms with van der Waals surface area (Å²) < 4.78 is 10.9. The fraction of sp³-hybridized carbons (Fsp3) is 0.615. The smallest absolute Gasteiger partial charge is 0.345 e. The molecule has 21 heavy (non-hydrogen) atoms. The second kappa shape index (κ2) is 6.47. The number of aromatic nitrogens is 2. The van der Waals surface area contributed by atoms with E-state index in [1.165, 1.54) is 11.8 Å². The summed E-state index contributed by atoms with van der Waals surface area (Å²) in [6, 6.07) is 0. The van der Waals surface area contributed by atoms with Gasteiger partial charge in [0.25, 0.3) is 0 Å². The molecule has 0 spiro atoms. The Bertz CT molecular complexity index is 535. The van der Waals surface area contributed by atoms with Gasteiger partial charge in [0.05, 0.1) is 13.7 Å². The van der Waals surface area contributed by atoms with Crippen molar-refractivity contribution in [1.82, 2.24) is 9.78 Å². The van der Waals surface area contributed by atoms with E-state index >= 15 is 0 Å². The molecule has 1 aromatic rings. The average Bonchev–Trinajstić information content (AvgIpc) is 3.07. The maximum atomic E-state index is 11.9. The molecular weight excluding hydrogens is 276 g/mol. The lowest BCUT2D eigenvalue weighted by molar-refractivity contribution is -0.144. The Hall–Kier alpha value is -2.25. The van der Waals surface area contributed by atoms with Crippen LogP contribution in [0, 0.1) is 0 Å². The molecule has 1 fully saturated rings. The van der Waals surface area contributed by atoms with E-state index < -0.39 is 11.9 Å². The van der Waals surface area contributed by atoms with Gasteiger partial charge in [-0.25, -0.2) is 9.48 Å². The Morgan fingerprint density at radius 1 is 1.33 bits per heavy atom. The molecule has 1 aromatic heterocycles. The Morgan fingerprint density at radius 2 is 2.00 bits per heavy atom. The third-order valence-corrected chi connectivity index (χ3v) is 3.35. The van der Waals surface area contributed by atoms with Crippen LogP contribution in [0.4, 0.5) is 11.6 Å². The lowest BCUT2D eigenvalue weighted by Crippen LogP contribution is -2.21. The minimum absolute atomic E-state index is 0.122. The number of hydrogen-bond donors (Lipinski definition) is 1. The van der Waals surface area contributed by atoms with Crippen LogP contribution in [0.25, 0.3) is 0 Å². The van der Waals surface area contributed by atoms with Crippen molar-refractivity contribution in [3.05, 3.63) is 5.56 Å². The average molecular weight is 296 g/mol. The van der Waals surface area contributed by atoms with Crippen molar-refractivity contribution < 1.29 is 19.1 Å². The normalized spacial score (nSPS) is 14.3. The highest BCUT2D eigenvalue weighted by Crippen LogP contribution is 2.28. The third kappa shape index (κ3) is 3.09. The minimum Gasteiger partial charge on any atom is -0.465 e. The summed E-state index contributed by atoms with van der Waals surface area (Å²) in [5, 5.41) is 4.30. The Balaban J connectivity index is 2.34. The first kappa shape index (κ1) is 15.1. The Kier molecular flexibility index (Phi) is 4.66. The van der Waals surface area contributed by atoms with Gasteiger partial charge in [-0.2, -0.15) is 5.10 Å². The van der Waals surface area contributed by atoms with Crippen LogP contribution >= 0.6 is 0 Å². The van der Waals surface area contributed by atoms with E-state index in [1.54, 1.807) is 6.92 Å². The van der Waals surface area contributed by atoms with E-state index in [1.807, 2.05) is 4.90 Å². The summed E-state index contributed by atoms with van der Waals surface area (Å²) in [5.41, 5.74) is 6.17. The van der Waals surface area contributed by atoms with Gasteiger partial charge in [0.2, 0.25) is 0 Å². The molecule has 0 unspecified atom stereocenters. The van der Waals surface area contributed by atoms with Crippen LogP contribution in [0.5, 0.6) is 0 Å². The molecular formula is C13H20N4O4. The van der Waals surface area contributed by atoms with E-state index in [9.17, 15) is 9.59 Å². The number of nitrogen functional groups attached to an aromatic ring is 1. The van der Waals surface area contributed by atoms with Gasteiger partial charge in [0.1, 0.15) is 17.9 Å². The fourth-order valence-electron chi connectivity index (χ4n) is 2.36. The first-order valence-electron chi connectivity index (χ1n) is 6.93.